The lowest BCUT2D eigenvalue weighted by molar-refractivity contribution is 0.806. The molecule has 0 spiro atoms. The normalized spacial score (nSPS) is 10.5. The molecule has 78 valence electrons. The molecule has 1 heterocycles. The molecule has 0 atom stereocenters. The third-order valence-electron chi connectivity index (χ3n) is 2.29. The van der Waals surface area contributed by atoms with E-state index in [2.05, 4.69) is 5.10 Å². The molecule has 0 radical (unpaired) electrons. The number of aryl methyl sites for hydroxylation is 1. The van der Waals surface area contributed by atoms with E-state index in [0.717, 1.165) is 11.4 Å². The number of anilines is 1. The van der Waals surface area contributed by atoms with Crippen LogP contribution in [0.4, 0.5) is 5.82 Å². The van der Waals surface area contributed by atoms with E-state index < -0.39 is 0 Å². The summed E-state index contributed by atoms with van der Waals surface area (Å²) in [6, 6.07) is 9.86. The van der Waals surface area contributed by atoms with Crippen LogP contribution in [-0.2, 0) is 6.54 Å². The highest BCUT2D eigenvalue weighted by atomic mass is 15.3. The van der Waals surface area contributed by atoms with Crippen LogP contribution in [0, 0.1) is 6.92 Å². The largest absolute Gasteiger partial charge is 0.382 e. The van der Waals surface area contributed by atoms with E-state index in [1.54, 1.807) is 10.7 Å². The van der Waals surface area contributed by atoms with Crippen molar-refractivity contribution in [2.24, 2.45) is 5.73 Å². The number of nitrogens with zero attached hydrogens (tertiary/aromatic N) is 2. The molecule has 0 saturated carbocycles. The first kappa shape index (κ1) is 9.73. The maximum absolute atomic E-state index is 5.63. The molecule has 1 aromatic carbocycles. The quantitative estimate of drug-likeness (QED) is 0.769. The third kappa shape index (κ3) is 1.85. The van der Waals surface area contributed by atoms with Crippen LogP contribution < -0.4 is 11.5 Å². The first-order valence-corrected chi connectivity index (χ1v) is 4.82. The monoisotopic (exact) mass is 202 g/mol. The van der Waals surface area contributed by atoms with Gasteiger partial charge >= 0.3 is 0 Å². The molecule has 0 saturated heterocycles. The van der Waals surface area contributed by atoms with Crippen molar-refractivity contribution < 1.29 is 0 Å². The second-order valence-electron chi connectivity index (χ2n) is 3.51. The van der Waals surface area contributed by atoms with Gasteiger partial charge in [-0.2, -0.15) is 5.10 Å². The Hall–Kier alpha value is -1.81. The van der Waals surface area contributed by atoms with E-state index in [0.29, 0.717) is 12.4 Å². The SMILES string of the molecule is Cc1ccc(-n2nc(N)cc2CN)cc1. The maximum atomic E-state index is 5.63. The number of nitrogen functional groups attached to an aromatic ring is 1. The number of rotatable bonds is 2. The summed E-state index contributed by atoms with van der Waals surface area (Å²) < 4.78 is 1.77. The molecular formula is C11H14N4. The van der Waals surface area contributed by atoms with Crippen LogP contribution in [0.5, 0.6) is 0 Å². The lowest BCUT2D eigenvalue weighted by Crippen LogP contribution is -2.06. The Morgan fingerprint density at radius 1 is 1.27 bits per heavy atom. The van der Waals surface area contributed by atoms with Gasteiger partial charge in [-0.1, -0.05) is 17.7 Å². The lowest BCUT2D eigenvalue weighted by Gasteiger charge is -2.05. The van der Waals surface area contributed by atoms with Crippen molar-refractivity contribution in [3.63, 3.8) is 0 Å². The minimum absolute atomic E-state index is 0.429. The van der Waals surface area contributed by atoms with Crippen LogP contribution in [0.3, 0.4) is 0 Å². The molecule has 4 heteroatoms. The second-order valence-corrected chi connectivity index (χ2v) is 3.51. The average Bonchev–Trinajstić information content (AvgIpc) is 2.61. The first-order valence-electron chi connectivity index (χ1n) is 4.82. The second kappa shape index (κ2) is 3.74. The van der Waals surface area contributed by atoms with Gasteiger partial charge in [0.05, 0.1) is 11.4 Å². The zero-order valence-corrected chi connectivity index (χ0v) is 8.64. The topological polar surface area (TPSA) is 69.9 Å². The number of nitrogens with two attached hydrogens (primary N) is 2. The summed E-state index contributed by atoms with van der Waals surface area (Å²) in [5.74, 6) is 0.496. The Morgan fingerprint density at radius 3 is 2.53 bits per heavy atom. The fourth-order valence-electron chi connectivity index (χ4n) is 1.50. The van der Waals surface area contributed by atoms with E-state index in [1.165, 1.54) is 5.56 Å². The Kier molecular flexibility index (Phi) is 2.43. The fraction of sp³-hybridized carbons (Fsp3) is 0.182. The summed E-state index contributed by atoms with van der Waals surface area (Å²) in [6.07, 6.45) is 0. The molecule has 4 nitrogen and oxygen atoms in total. The van der Waals surface area contributed by atoms with Gasteiger partial charge in [-0.05, 0) is 19.1 Å². The zero-order valence-electron chi connectivity index (χ0n) is 8.64. The van der Waals surface area contributed by atoms with Crippen molar-refractivity contribution >= 4 is 5.82 Å². The molecule has 0 aliphatic heterocycles. The fourth-order valence-corrected chi connectivity index (χ4v) is 1.50. The Bertz CT molecular complexity index is 456. The summed E-state index contributed by atoms with van der Waals surface area (Å²) in [5, 5.41) is 4.20. The molecule has 0 aliphatic rings. The smallest absolute Gasteiger partial charge is 0.146 e. The number of benzene rings is 1. The average molecular weight is 202 g/mol. The molecule has 0 bridgehead atoms. The predicted molar refractivity (Wildman–Crippen MR) is 60.6 cm³/mol. The van der Waals surface area contributed by atoms with Crippen LogP contribution in [0.25, 0.3) is 5.69 Å². The van der Waals surface area contributed by atoms with Crippen LogP contribution in [-0.4, -0.2) is 9.78 Å². The van der Waals surface area contributed by atoms with Crippen molar-refractivity contribution in [3.05, 3.63) is 41.6 Å². The van der Waals surface area contributed by atoms with Crippen molar-refractivity contribution in [1.29, 1.82) is 0 Å². The van der Waals surface area contributed by atoms with Crippen LogP contribution in [0.1, 0.15) is 11.3 Å². The number of hydrogen-bond acceptors (Lipinski definition) is 3. The predicted octanol–water partition coefficient (Wildman–Crippen LogP) is 1.22. The van der Waals surface area contributed by atoms with Gasteiger partial charge in [0.2, 0.25) is 0 Å². The Morgan fingerprint density at radius 2 is 1.93 bits per heavy atom. The van der Waals surface area contributed by atoms with Crippen molar-refractivity contribution in [2.45, 2.75) is 13.5 Å². The molecule has 0 fully saturated rings. The summed E-state index contributed by atoms with van der Waals surface area (Å²) >= 11 is 0. The number of aromatic nitrogens is 2. The zero-order chi connectivity index (χ0) is 10.8. The Balaban J connectivity index is 2.48. The van der Waals surface area contributed by atoms with Gasteiger partial charge in [0.1, 0.15) is 5.82 Å². The van der Waals surface area contributed by atoms with E-state index in [4.69, 9.17) is 11.5 Å². The molecular weight excluding hydrogens is 188 g/mol. The third-order valence-corrected chi connectivity index (χ3v) is 2.29. The van der Waals surface area contributed by atoms with Gasteiger partial charge in [0.15, 0.2) is 0 Å². The van der Waals surface area contributed by atoms with Crippen molar-refractivity contribution in [1.82, 2.24) is 9.78 Å². The standard InChI is InChI=1S/C11H14N4/c1-8-2-4-9(5-3-8)15-10(7-12)6-11(13)14-15/h2-6H,7,12H2,1H3,(H2,13,14). The molecule has 2 rings (SSSR count). The van der Waals surface area contributed by atoms with Gasteiger partial charge in [0, 0.05) is 12.6 Å². The summed E-state index contributed by atoms with van der Waals surface area (Å²) in [5.41, 5.74) is 14.4. The van der Waals surface area contributed by atoms with E-state index in [9.17, 15) is 0 Å². The molecule has 4 N–H and O–H groups in total. The van der Waals surface area contributed by atoms with Gasteiger partial charge in [-0.3, -0.25) is 0 Å². The van der Waals surface area contributed by atoms with Crippen LogP contribution in [0.15, 0.2) is 30.3 Å². The molecule has 0 amide bonds. The summed E-state index contributed by atoms with van der Waals surface area (Å²) in [6.45, 7) is 2.48. The van der Waals surface area contributed by atoms with Crippen molar-refractivity contribution in [3.8, 4) is 5.69 Å². The molecule has 2 aromatic rings. The van der Waals surface area contributed by atoms with Crippen LogP contribution >= 0.6 is 0 Å². The Labute approximate surface area is 88.5 Å². The number of hydrogen-bond donors (Lipinski definition) is 2. The van der Waals surface area contributed by atoms with Crippen molar-refractivity contribution in [2.75, 3.05) is 5.73 Å². The van der Waals surface area contributed by atoms with E-state index in [-0.39, 0.29) is 0 Å². The summed E-state index contributed by atoms with van der Waals surface area (Å²) in [7, 11) is 0. The molecule has 15 heavy (non-hydrogen) atoms. The molecule has 0 unspecified atom stereocenters. The minimum Gasteiger partial charge on any atom is -0.382 e. The highest BCUT2D eigenvalue weighted by Gasteiger charge is 2.05. The summed E-state index contributed by atoms with van der Waals surface area (Å²) in [4.78, 5) is 0. The minimum atomic E-state index is 0.429. The first-order chi connectivity index (χ1) is 7.20. The van der Waals surface area contributed by atoms with Crippen LogP contribution in [0.2, 0.25) is 0 Å². The highest BCUT2D eigenvalue weighted by Crippen LogP contribution is 2.14. The van der Waals surface area contributed by atoms with Gasteiger partial charge in [-0.15, -0.1) is 0 Å². The lowest BCUT2D eigenvalue weighted by atomic mass is 10.2. The van der Waals surface area contributed by atoms with Gasteiger partial charge < -0.3 is 11.5 Å². The highest BCUT2D eigenvalue weighted by molar-refractivity contribution is 5.39. The van der Waals surface area contributed by atoms with Gasteiger partial charge in [-0.25, -0.2) is 4.68 Å². The molecule has 1 aromatic heterocycles. The maximum Gasteiger partial charge on any atom is 0.146 e. The van der Waals surface area contributed by atoms with Gasteiger partial charge in [0.25, 0.3) is 0 Å². The van der Waals surface area contributed by atoms with E-state index >= 15 is 0 Å². The molecule has 0 aliphatic carbocycles. The van der Waals surface area contributed by atoms with E-state index in [1.807, 2.05) is 31.2 Å².